The molecule has 0 amide bonds. The van der Waals surface area contributed by atoms with Crippen molar-refractivity contribution < 1.29 is 9.72 Å². The van der Waals surface area contributed by atoms with E-state index in [0.29, 0.717) is 29.4 Å². The third-order valence-corrected chi connectivity index (χ3v) is 4.69. The Morgan fingerprint density at radius 2 is 1.96 bits per heavy atom. The van der Waals surface area contributed by atoms with Crippen LogP contribution in [0.3, 0.4) is 0 Å². The lowest BCUT2D eigenvalue weighted by atomic mass is 10.1. The average molecular weight is 375 g/mol. The minimum absolute atomic E-state index is 0.0227. The first-order chi connectivity index (χ1) is 12.4. The Hall–Kier alpha value is -2.51. The predicted molar refractivity (Wildman–Crippen MR) is 99.8 cm³/mol. The number of nitrogens with zero attached hydrogens (tertiary/aromatic N) is 4. The number of aromatic nitrogens is 1. The lowest BCUT2D eigenvalue weighted by molar-refractivity contribution is -0.384. The molecule has 0 bridgehead atoms. The molecular weight excluding hydrogens is 356 g/mol. The minimum Gasteiger partial charge on any atom is -0.363 e. The van der Waals surface area contributed by atoms with Crippen molar-refractivity contribution in [2.24, 2.45) is 0 Å². The minimum atomic E-state index is -0.425. The summed E-state index contributed by atoms with van der Waals surface area (Å²) in [6.07, 6.45) is 1.63. The summed E-state index contributed by atoms with van der Waals surface area (Å²) in [7, 11) is 0. The smallest absolute Gasteiger partial charge is 0.293 e. The SMILES string of the molecule is CC(=O)c1ccc(N2CCN(Cc3ccc(Cl)cn3)CC2)c([N+](=O)[O-])c1. The van der Waals surface area contributed by atoms with Gasteiger partial charge in [-0.1, -0.05) is 11.6 Å². The molecule has 2 aromatic rings. The van der Waals surface area contributed by atoms with Crippen molar-refractivity contribution in [2.45, 2.75) is 13.5 Å². The van der Waals surface area contributed by atoms with Crippen molar-refractivity contribution in [3.05, 3.63) is 62.9 Å². The van der Waals surface area contributed by atoms with Gasteiger partial charge in [-0.25, -0.2) is 0 Å². The second kappa shape index (κ2) is 7.80. The van der Waals surface area contributed by atoms with Gasteiger partial charge < -0.3 is 4.90 Å². The van der Waals surface area contributed by atoms with E-state index in [1.807, 2.05) is 17.0 Å². The van der Waals surface area contributed by atoms with Crippen LogP contribution >= 0.6 is 11.6 Å². The number of nitro benzene ring substituents is 1. The number of piperazine rings is 1. The highest BCUT2D eigenvalue weighted by molar-refractivity contribution is 6.30. The number of Topliss-reactive ketones (excluding diaryl/α,β-unsaturated/α-hetero) is 1. The molecule has 3 rings (SSSR count). The molecule has 0 radical (unpaired) electrons. The number of hydrogen-bond acceptors (Lipinski definition) is 6. The molecule has 0 aliphatic carbocycles. The van der Waals surface area contributed by atoms with Gasteiger partial charge in [0, 0.05) is 50.6 Å². The Morgan fingerprint density at radius 3 is 2.54 bits per heavy atom. The first-order valence-corrected chi connectivity index (χ1v) is 8.69. The van der Waals surface area contributed by atoms with Crippen LogP contribution in [0.2, 0.25) is 5.02 Å². The van der Waals surface area contributed by atoms with Gasteiger partial charge in [-0.2, -0.15) is 0 Å². The fourth-order valence-corrected chi connectivity index (χ4v) is 3.14. The summed E-state index contributed by atoms with van der Waals surface area (Å²) in [4.78, 5) is 31.0. The fraction of sp³-hybridized carbons (Fsp3) is 0.333. The normalized spacial score (nSPS) is 15.1. The molecule has 7 nitrogen and oxygen atoms in total. The maximum Gasteiger partial charge on any atom is 0.293 e. The molecule has 0 saturated carbocycles. The maximum atomic E-state index is 11.5. The van der Waals surface area contributed by atoms with Crippen molar-refractivity contribution in [1.82, 2.24) is 9.88 Å². The summed E-state index contributed by atoms with van der Waals surface area (Å²) in [5.74, 6) is -0.181. The Labute approximate surface area is 156 Å². The molecule has 1 saturated heterocycles. The van der Waals surface area contributed by atoms with Gasteiger partial charge in [0.25, 0.3) is 5.69 Å². The molecule has 136 valence electrons. The van der Waals surface area contributed by atoms with Crippen LogP contribution in [0, 0.1) is 10.1 Å². The van der Waals surface area contributed by atoms with Crippen LogP contribution in [-0.2, 0) is 6.54 Å². The van der Waals surface area contributed by atoms with E-state index in [-0.39, 0.29) is 11.5 Å². The van der Waals surface area contributed by atoms with Crippen LogP contribution < -0.4 is 4.90 Å². The second-order valence-corrected chi connectivity index (χ2v) is 6.68. The van der Waals surface area contributed by atoms with Gasteiger partial charge in [0.15, 0.2) is 5.78 Å². The van der Waals surface area contributed by atoms with E-state index in [2.05, 4.69) is 9.88 Å². The zero-order valence-electron chi connectivity index (χ0n) is 14.4. The molecule has 26 heavy (non-hydrogen) atoms. The van der Waals surface area contributed by atoms with Gasteiger partial charge in [-0.15, -0.1) is 0 Å². The highest BCUT2D eigenvalue weighted by Crippen LogP contribution is 2.30. The number of pyridine rings is 1. The number of anilines is 1. The molecule has 1 aliphatic heterocycles. The fourth-order valence-electron chi connectivity index (χ4n) is 3.03. The zero-order valence-corrected chi connectivity index (χ0v) is 15.1. The summed E-state index contributed by atoms with van der Waals surface area (Å²) in [6.45, 7) is 5.02. The number of halogens is 1. The molecule has 0 spiro atoms. The van der Waals surface area contributed by atoms with Gasteiger partial charge in [0.2, 0.25) is 0 Å². The van der Waals surface area contributed by atoms with Crippen molar-refractivity contribution in [3.63, 3.8) is 0 Å². The molecule has 2 heterocycles. The Morgan fingerprint density at radius 1 is 1.23 bits per heavy atom. The summed E-state index contributed by atoms with van der Waals surface area (Å²) in [5.41, 5.74) is 1.84. The van der Waals surface area contributed by atoms with Crippen LogP contribution in [-0.4, -0.2) is 46.8 Å². The highest BCUT2D eigenvalue weighted by atomic mass is 35.5. The van der Waals surface area contributed by atoms with Crippen molar-refractivity contribution in [3.8, 4) is 0 Å². The Kier molecular flexibility index (Phi) is 5.49. The third kappa shape index (κ3) is 4.17. The number of ketones is 1. The lowest BCUT2D eigenvalue weighted by Gasteiger charge is -2.35. The molecule has 0 N–H and O–H groups in total. The summed E-state index contributed by atoms with van der Waals surface area (Å²) < 4.78 is 0. The van der Waals surface area contributed by atoms with E-state index in [9.17, 15) is 14.9 Å². The molecule has 1 aliphatic rings. The lowest BCUT2D eigenvalue weighted by Crippen LogP contribution is -2.46. The van der Waals surface area contributed by atoms with Gasteiger partial charge in [-0.05, 0) is 31.2 Å². The van der Waals surface area contributed by atoms with Crippen LogP contribution in [0.1, 0.15) is 23.0 Å². The monoisotopic (exact) mass is 374 g/mol. The van der Waals surface area contributed by atoms with E-state index in [1.165, 1.54) is 13.0 Å². The number of hydrogen-bond donors (Lipinski definition) is 0. The largest absolute Gasteiger partial charge is 0.363 e. The first-order valence-electron chi connectivity index (χ1n) is 8.31. The van der Waals surface area contributed by atoms with Crippen molar-refractivity contribution >= 4 is 28.8 Å². The predicted octanol–water partition coefficient (Wildman–Crippen LogP) is 3.17. The van der Waals surface area contributed by atoms with Gasteiger partial charge in [0.05, 0.1) is 15.6 Å². The first kappa shape index (κ1) is 18.3. The van der Waals surface area contributed by atoms with E-state index < -0.39 is 4.92 Å². The van der Waals surface area contributed by atoms with Gasteiger partial charge >= 0.3 is 0 Å². The molecule has 0 unspecified atom stereocenters. The number of carbonyl (C=O) groups excluding carboxylic acids is 1. The quantitative estimate of drug-likeness (QED) is 0.454. The Bertz CT molecular complexity index is 818. The molecule has 8 heteroatoms. The van der Waals surface area contributed by atoms with Gasteiger partial charge in [-0.3, -0.25) is 24.8 Å². The standard InChI is InChI=1S/C18H19ClN4O3/c1-13(24)14-2-5-17(18(10-14)23(25)26)22-8-6-21(7-9-22)12-16-4-3-15(19)11-20-16/h2-5,10-11H,6-9,12H2,1H3. The molecular formula is C18H19ClN4O3. The van der Waals surface area contributed by atoms with E-state index in [1.54, 1.807) is 18.3 Å². The topological polar surface area (TPSA) is 79.6 Å². The molecule has 1 aromatic heterocycles. The highest BCUT2D eigenvalue weighted by Gasteiger charge is 2.24. The number of benzene rings is 1. The van der Waals surface area contributed by atoms with Crippen molar-refractivity contribution in [2.75, 3.05) is 31.1 Å². The van der Waals surface area contributed by atoms with Crippen LogP contribution in [0.15, 0.2) is 36.5 Å². The Balaban J connectivity index is 1.68. The average Bonchev–Trinajstić information content (AvgIpc) is 2.63. The number of rotatable bonds is 5. The van der Waals surface area contributed by atoms with Crippen LogP contribution in [0.25, 0.3) is 0 Å². The van der Waals surface area contributed by atoms with Crippen molar-refractivity contribution in [1.29, 1.82) is 0 Å². The van der Waals surface area contributed by atoms with E-state index >= 15 is 0 Å². The summed E-state index contributed by atoms with van der Waals surface area (Å²) in [6, 6.07) is 8.40. The number of carbonyl (C=O) groups is 1. The summed E-state index contributed by atoms with van der Waals surface area (Å²) in [5, 5.41) is 12.0. The molecule has 0 atom stereocenters. The van der Waals surface area contributed by atoms with Crippen LogP contribution in [0.4, 0.5) is 11.4 Å². The molecule has 1 fully saturated rings. The van der Waals surface area contributed by atoms with Crippen LogP contribution in [0.5, 0.6) is 0 Å². The van der Waals surface area contributed by atoms with E-state index in [4.69, 9.17) is 11.6 Å². The maximum absolute atomic E-state index is 11.5. The molecule has 1 aromatic carbocycles. The zero-order chi connectivity index (χ0) is 18.7. The van der Waals surface area contributed by atoms with Gasteiger partial charge in [0.1, 0.15) is 5.69 Å². The second-order valence-electron chi connectivity index (χ2n) is 6.25. The third-order valence-electron chi connectivity index (χ3n) is 4.47. The summed E-state index contributed by atoms with van der Waals surface area (Å²) >= 11 is 5.85. The number of nitro groups is 1. The van der Waals surface area contributed by atoms with E-state index in [0.717, 1.165) is 25.3 Å².